The molecule has 0 aliphatic heterocycles. The average molecular weight is 149 g/mol. The molecule has 0 amide bonds. The molecule has 0 radical (unpaired) electrons. The van der Waals surface area contributed by atoms with Gasteiger partial charge in [-0.25, -0.2) is 10.7 Å². The maximum Gasteiger partial charge on any atom is 0.339 e. The SMILES string of the molecule is COCC(ON)C(=O)OC. The minimum Gasteiger partial charge on any atom is -0.467 e. The highest BCUT2D eigenvalue weighted by atomic mass is 16.7. The van der Waals surface area contributed by atoms with Gasteiger partial charge in [0.05, 0.1) is 13.7 Å². The first-order valence-corrected chi connectivity index (χ1v) is 2.68. The Morgan fingerprint density at radius 2 is 2.20 bits per heavy atom. The van der Waals surface area contributed by atoms with Crippen LogP contribution in [-0.4, -0.2) is 32.9 Å². The van der Waals surface area contributed by atoms with Gasteiger partial charge in [0.1, 0.15) is 0 Å². The normalized spacial score (nSPS) is 12.7. The Labute approximate surface area is 59.0 Å². The van der Waals surface area contributed by atoms with E-state index in [-0.39, 0.29) is 6.61 Å². The molecule has 0 spiro atoms. The van der Waals surface area contributed by atoms with Crippen molar-refractivity contribution in [2.45, 2.75) is 6.10 Å². The molecule has 1 unspecified atom stereocenters. The van der Waals surface area contributed by atoms with E-state index in [1.807, 2.05) is 0 Å². The highest BCUT2D eigenvalue weighted by Gasteiger charge is 2.18. The summed E-state index contributed by atoms with van der Waals surface area (Å²) in [6.45, 7) is 0.100. The predicted octanol–water partition coefficient (Wildman–Crippen LogP) is -0.935. The van der Waals surface area contributed by atoms with Crippen molar-refractivity contribution in [2.75, 3.05) is 20.8 Å². The molecule has 0 saturated carbocycles. The van der Waals surface area contributed by atoms with Crippen LogP contribution in [0.25, 0.3) is 0 Å². The molecule has 10 heavy (non-hydrogen) atoms. The molecule has 1 atom stereocenters. The van der Waals surface area contributed by atoms with Gasteiger partial charge in [0.25, 0.3) is 0 Å². The van der Waals surface area contributed by atoms with Gasteiger partial charge in [0.15, 0.2) is 6.10 Å². The lowest BCUT2D eigenvalue weighted by Crippen LogP contribution is -2.32. The maximum absolute atomic E-state index is 10.6. The number of hydrogen-bond acceptors (Lipinski definition) is 5. The van der Waals surface area contributed by atoms with Gasteiger partial charge >= 0.3 is 5.97 Å². The van der Waals surface area contributed by atoms with Gasteiger partial charge in [-0.15, -0.1) is 0 Å². The van der Waals surface area contributed by atoms with E-state index in [1.54, 1.807) is 0 Å². The van der Waals surface area contributed by atoms with E-state index in [9.17, 15) is 4.79 Å². The number of esters is 1. The summed E-state index contributed by atoms with van der Waals surface area (Å²) in [5, 5.41) is 0. The largest absolute Gasteiger partial charge is 0.467 e. The summed E-state index contributed by atoms with van der Waals surface area (Å²) in [7, 11) is 2.69. The average Bonchev–Trinajstić information content (AvgIpc) is 1.99. The van der Waals surface area contributed by atoms with E-state index < -0.39 is 12.1 Å². The molecule has 0 aromatic rings. The summed E-state index contributed by atoms with van der Waals surface area (Å²) in [4.78, 5) is 14.9. The molecular weight excluding hydrogens is 138 g/mol. The van der Waals surface area contributed by atoms with Gasteiger partial charge in [0.2, 0.25) is 0 Å². The van der Waals surface area contributed by atoms with Crippen LogP contribution in [0, 0.1) is 0 Å². The second-order valence-corrected chi connectivity index (χ2v) is 1.60. The number of carbonyl (C=O) groups excluding carboxylic acids is 1. The monoisotopic (exact) mass is 149 g/mol. The van der Waals surface area contributed by atoms with E-state index in [0.717, 1.165) is 0 Å². The van der Waals surface area contributed by atoms with Crippen LogP contribution in [0.4, 0.5) is 0 Å². The van der Waals surface area contributed by atoms with Crippen molar-refractivity contribution < 1.29 is 19.1 Å². The fourth-order valence-corrected chi connectivity index (χ4v) is 0.446. The molecule has 0 heterocycles. The van der Waals surface area contributed by atoms with Gasteiger partial charge in [-0.1, -0.05) is 0 Å². The Morgan fingerprint density at radius 3 is 2.50 bits per heavy atom. The predicted molar refractivity (Wildman–Crippen MR) is 33.0 cm³/mol. The minimum absolute atomic E-state index is 0.100. The van der Waals surface area contributed by atoms with Crippen LogP contribution in [0.5, 0.6) is 0 Å². The topological polar surface area (TPSA) is 70.8 Å². The first-order chi connectivity index (χ1) is 4.76. The highest BCUT2D eigenvalue weighted by Crippen LogP contribution is 1.90. The van der Waals surface area contributed by atoms with Crippen molar-refractivity contribution >= 4 is 5.97 Å². The zero-order valence-electron chi connectivity index (χ0n) is 5.99. The van der Waals surface area contributed by atoms with Crippen molar-refractivity contribution in [3.63, 3.8) is 0 Å². The Bertz CT molecular complexity index is 106. The molecule has 0 aromatic carbocycles. The smallest absolute Gasteiger partial charge is 0.339 e. The van der Waals surface area contributed by atoms with Gasteiger partial charge in [-0.05, 0) is 0 Å². The van der Waals surface area contributed by atoms with Crippen LogP contribution in [0.2, 0.25) is 0 Å². The van der Waals surface area contributed by atoms with E-state index in [4.69, 9.17) is 5.90 Å². The number of ether oxygens (including phenoxy) is 2. The van der Waals surface area contributed by atoms with Crippen LogP contribution >= 0.6 is 0 Å². The summed E-state index contributed by atoms with van der Waals surface area (Å²) in [6, 6.07) is 0. The number of hydrogen-bond donors (Lipinski definition) is 1. The molecule has 0 aliphatic rings. The standard InChI is InChI=1S/C5H11NO4/c1-8-3-4(10-6)5(7)9-2/h4H,3,6H2,1-2H3. The Balaban J connectivity index is 3.68. The number of rotatable bonds is 4. The molecule has 60 valence electrons. The minimum atomic E-state index is -0.824. The van der Waals surface area contributed by atoms with Gasteiger partial charge in [0, 0.05) is 7.11 Å². The second kappa shape index (κ2) is 5.16. The number of methoxy groups -OCH3 is 2. The summed E-state index contributed by atoms with van der Waals surface area (Å²) in [5.41, 5.74) is 0. The summed E-state index contributed by atoms with van der Waals surface area (Å²) in [5.74, 6) is 4.22. The third-order valence-electron chi connectivity index (χ3n) is 0.946. The summed E-state index contributed by atoms with van der Waals surface area (Å²) < 4.78 is 8.94. The van der Waals surface area contributed by atoms with Crippen molar-refractivity contribution in [2.24, 2.45) is 5.90 Å². The van der Waals surface area contributed by atoms with Crippen LogP contribution in [-0.2, 0) is 19.1 Å². The van der Waals surface area contributed by atoms with Crippen LogP contribution in [0.15, 0.2) is 0 Å². The van der Waals surface area contributed by atoms with Crippen LogP contribution < -0.4 is 5.90 Å². The van der Waals surface area contributed by atoms with E-state index >= 15 is 0 Å². The molecule has 2 N–H and O–H groups in total. The lowest BCUT2D eigenvalue weighted by atomic mass is 10.4. The lowest BCUT2D eigenvalue weighted by molar-refractivity contribution is -0.157. The number of nitrogens with two attached hydrogens (primary N) is 1. The molecule has 0 aromatic heterocycles. The molecule has 0 saturated heterocycles. The van der Waals surface area contributed by atoms with Gasteiger partial charge in [-0.2, -0.15) is 0 Å². The van der Waals surface area contributed by atoms with E-state index in [2.05, 4.69) is 14.3 Å². The van der Waals surface area contributed by atoms with E-state index in [0.29, 0.717) is 0 Å². The van der Waals surface area contributed by atoms with Crippen molar-refractivity contribution in [3.8, 4) is 0 Å². The first kappa shape index (κ1) is 9.35. The van der Waals surface area contributed by atoms with Crippen molar-refractivity contribution in [1.82, 2.24) is 0 Å². The zero-order valence-corrected chi connectivity index (χ0v) is 5.99. The molecule has 0 aliphatic carbocycles. The molecule has 0 bridgehead atoms. The Hall–Kier alpha value is -0.650. The maximum atomic E-state index is 10.6. The molecule has 5 nitrogen and oxygen atoms in total. The van der Waals surface area contributed by atoms with Crippen LogP contribution in [0.1, 0.15) is 0 Å². The third-order valence-corrected chi connectivity index (χ3v) is 0.946. The summed E-state index contributed by atoms with van der Waals surface area (Å²) in [6.07, 6.45) is -0.824. The second-order valence-electron chi connectivity index (χ2n) is 1.60. The first-order valence-electron chi connectivity index (χ1n) is 2.68. The Kier molecular flexibility index (Phi) is 4.82. The zero-order chi connectivity index (χ0) is 7.98. The molecular formula is C5H11NO4. The number of carbonyl (C=O) groups is 1. The lowest BCUT2D eigenvalue weighted by Gasteiger charge is -2.09. The Morgan fingerprint density at radius 1 is 1.60 bits per heavy atom. The van der Waals surface area contributed by atoms with Crippen molar-refractivity contribution in [3.05, 3.63) is 0 Å². The highest BCUT2D eigenvalue weighted by molar-refractivity contribution is 5.74. The van der Waals surface area contributed by atoms with Crippen LogP contribution in [0.3, 0.4) is 0 Å². The fourth-order valence-electron chi connectivity index (χ4n) is 0.446. The quantitative estimate of drug-likeness (QED) is 0.413. The van der Waals surface area contributed by atoms with Gasteiger partial charge in [-0.3, -0.25) is 4.84 Å². The molecule has 0 fully saturated rings. The van der Waals surface area contributed by atoms with Gasteiger partial charge < -0.3 is 9.47 Å². The van der Waals surface area contributed by atoms with Crippen molar-refractivity contribution in [1.29, 1.82) is 0 Å². The van der Waals surface area contributed by atoms with E-state index in [1.165, 1.54) is 14.2 Å². The molecule has 5 heteroatoms. The summed E-state index contributed by atoms with van der Waals surface area (Å²) >= 11 is 0. The fraction of sp³-hybridized carbons (Fsp3) is 0.800. The third kappa shape index (κ3) is 2.77. The molecule has 0 rings (SSSR count).